The van der Waals surface area contributed by atoms with E-state index in [1.165, 1.54) is 18.2 Å². The zero-order chi connectivity index (χ0) is 28.6. The fraction of sp³-hybridized carbons (Fsp3) is 0.172. The van der Waals surface area contributed by atoms with Crippen LogP contribution in [0, 0.1) is 0 Å². The number of thioether (sulfide) groups is 1. The van der Waals surface area contributed by atoms with Gasteiger partial charge in [-0.15, -0.1) is 0 Å². The van der Waals surface area contributed by atoms with Crippen LogP contribution in [-0.2, 0) is 20.9 Å². The first-order chi connectivity index (χ1) is 19.2. The highest BCUT2D eigenvalue weighted by Gasteiger charge is 2.36. The first-order valence-corrected chi connectivity index (χ1v) is 13.8. The molecule has 8 nitrogen and oxygen atoms in total. The van der Waals surface area contributed by atoms with Crippen molar-refractivity contribution >= 4 is 69.8 Å². The number of carbonyl (C=O) groups is 4. The highest BCUT2D eigenvalue weighted by atomic mass is 35.5. The summed E-state index contributed by atoms with van der Waals surface area (Å²) in [5, 5.41) is 2.82. The van der Waals surface area contributed by atoms with Crippen LogP contribution in [0.3, 0.4) is 0 Å². The van der Waals surface area contributed by atoms with Crippen molar-refractivity contribution in [1.29, 1.82) is 0 Å². The number of carbonyl (C=O) groups excluding carboxylic acids is 4. The van der Waals surface area contributed by atoms with Gasteiger partial charge in [0.05, 0.1) is 22.1 Å². The van der Waals surface area contributed by atoms with Gasteiger partial charge in [-0.2, -0.15) is 0 Å². The Morgan fingerprint density at radius 3 is 2.48 bits per heavy atom. The van der Waals surface area contributed by atoms with Gasteiger partial charge < -0.3 is 14.8 Å². The van der Waals surface area contributed by atoms with Crippen molar-refractivity contribution in [2.75, 3.05) is 18.5 Å². The number of rotatable bonds is 10. The van der Waals surface area contributed by atoms with Crippen LogP contribution in [0.4, 0.5) is 10.5 Å². The molecule has 1 saturated heterocycles. The molecule has 1 N–H and O–H groups in total. The Morgan fingerprint density at radius 1 is 1.00 bits per heavy atom. The number of nitrogens with zero attached hydrogens (tertiary/aromatic N) is 1. The summed E-state index contributed by atoms with van der Waals surface area (Å²) in [6.07, 6.45) is 2.23. The van der Waals surface area contributed by atoms with Gasteiger partial charge >= 0.3 is 5.97 Å². The van der Waals surface area contributed by atoms with Gasteiger partial charge in [0.15, 0.2) is 0 Å². The molecule has 0 radical (unpaired) electrons. The van der Waals surface area contributed by atoms with Gasteiger partial charge in [-0.05, 0) is 66.2 Å². The van der Waals surface area contributed by atoms with E-state index in [0.29, 0.717) is 29.4 Å². The average Bonchev–Trinajstić information content (AvgIpc) is 3.20. The van der Waals surface area contributed by atoms with E-state index in [9.17, 15) is 19.2 Å². The zero-order valence-corrected chi connectivity index (χ0v) is 23.6. The Labute approximate surface area is 245 Å². The lowest BCUT2D eigenvalue weighted by molar-refractivity contribution is -0.127. The van der Waals surface area contributed by atoms with Crippen LogP contribution in [0.15, 0.2) is 71.6 Å². The van der Waals surface area contributed by atoms with Crippen molar-refractivity contribution in [3.63, 3.8) is 0 Å². The minimum absolute atomic E-state index is 0.0994. The summed E-state index contributed by atoms with van der Waals surface area (Å²) >= 11 is 13.0. The molecular weight excluding hydrogens is 575 g/mol. The molecule has 1 aliphatic rings. The van der Waals surface area contributed by atoms with E-state index < -0.39 is 29.6 Å². The third kappa shape index (κ3) is 7.44. The van der Waals surface area contributed by atoms with Crippen LogP contribution < -0.4 is 10.1 Å². The largest absolute Gasteiger partial charge is 0.489 e. The summed E-state index contributed by atoms with van der Waals surface area (Å²) in [7, 11) is 0. The van der Waals surface area contributed by atoms with Gasteiger partial charge in [-0.25, -0.2) is 4.79 Å². The van der Waals surface area contributed by atoms with Crippen molar-refractivity contribution in [3.05, 3.63) is 98.4 Å². The van der Waals surface area contributed by atoms with Crippen LogP contribution in [0.1, 0.15) is 34.8 Å². The molecule has 40 heavy (non-hydrogen) atoms. The van der Waals surface area contributed by atoms with Gasteiger partial charge in [0, 0.05) is 16.3 Å². The van der Waals surface area contributed by atoms with Crippen molar-refractivity contribution in [2.24, 2.45) is 0 Å². The molecule has 3 aromatic carbocycles. The zero-order valence-electron chi connectivity index (χ0n) is 21.3. The number of hydrogen-bond acceptors (Lipinski definition) is 7. The van der Waals surface area contributed by atoms with Crippen LogP contribution in [0.5, 0.6) is 5.75 Å². The number of ether oxygens (including phenoxy) is 2. The summed E-state index contributed by atoms with van der Waals surface area (Å²) in [5.74, 6) is -1.19. The normalized spacial score (nSPS) is 14.0. The Balaban J connectivity index is 1.35. The minimum Gasteiger partial charge on any atom is -0.489 e. The predicted octanol–water partition coefficient (Wildman–Crippen LogP) is 6.81. The standard InChI is InChI=1S/C29H24Cl2N2O6S/c1-2-13-38-28(36)22-15-20(9-12-24(22)31)32-26(34)16-33-27(35)25(40-29(33)37)14-18-7-10-21(11-8-18)39-17-19-5-3-4-6-23(19)30/h3-12,14-15H,2,13,16-17H2,1H3,(H,32,34)/b25-14+. The molecule has 0 bridgehead atoms. The number of halogens is 2. The first-order valence-electron chi connectivity index (χ1n) is 12.2. The minimum atomic E-state index is -0.612. The maximum absolute atomic E-state index is 12.9. The van der Waals surface area contributed by atoms with E-state index in [4.69, 9.17) is 32.7 Å². The van der Waals surface area contributed by atoms with E-state index in [1.54, 1.807) is 36.4 Å². The molecular formula is C29H24Cl2N2O6S. The molecule has 0 atom stereocenters. The fourth-order valence-electron chi connectivity index (χ4n) is 3.60. The number of imide groups is 1. The second-order valence-electron chi connectivity index (χ2n) is 8.60. The Morgan fingerprint density at radius 2 is 1.75 bits per heavy atom. The van der Waals surface area contributed by atoms with E-state index in [-0.39, 0.29) is 27.8 Å². The molecule has 3 aromatic rings. The maximum atomic E-state index is 12.9. The summed E-state index contributed by atoms with van der Waals surface area (Å²) in [5.41, 5.74) is 1.92. The van der Waals surface area contributed by atoms with Crippen molar-refractivity contribution in [2.45, 2.75) is 20.0 Å². The molecule has 206 valence electrons. The first kappa shape index (κ1) is 29.2. The third-order valence-corrected chi connectivity index (χ3v) is 7.22. The molecule has 0 spiro atoms. The topological polar surface area (TPSA) is 102 Å². The Hall–Kier alpha value is -3.79. The Kier molecular flexibility index (Phi) is 9.87. The second kappa shape index (κ2) is 13.5. The molecule has 1 aliphatic heterocycles. The summed E-state index contributed by atoms with van der Waals surface area (Å²) in [4.78, 5) is 51.3. The van der Waals surface area contributed by atoms with Gasteiger partial charge in [0.2, 0.25) is 5.91 Å². The second-order valence-corrected chi connectivity index (χ2v) is 10.4. The van der Waals surface area contributed by atoms with Crippen molar-refractivity contribution < 1.29 is 28.7 Å². The van der Waals surface area contributed by atoms with Crippen LogP contribution in [0.25, 0.3) is 6.08 Å². The number of benzene rings is 3. The van der Waals surface area contributed by atoms with Crippen molar-refractivity contribution in [3.8, 4) is 5.75 Å². The van der Waals surface area contributed by atoms with Crippen LogP contribution >= 0.6 is 35.0 Å². The van der Waals surface area contributed by atoms with E-state index in [0.717, 1.165) is 22.2 Å². The average molecular weight is 599 g/mol. The molecule has 1 heterocycles. The highest BCUT2D eigenvalue weighted by molar-refractivity contribution is 8.18. The molecule has 11 heteroatoms. The number of esters is 1. The Bertz CT molecular complexity index is 1480. The van der Waals surface area contributed by atoms with Gasteiger partial charge in [-0.3, -0.25) is 19.3 Å². The number of anilines is 1. The van der Waals surface area contributed by atoms with Gasteiger partial charge in [-0.1, -0.05) is 60.5 Å². The molecule has 0 saturated carbocycles. The van der Waals surface area contributed by atoms with Crippen LogP contribution in [0.2, 0.25) is 10.0 Å². The fourth-order valence-corrected chi connectivity index (χ4v) is 4.82. The van der Waals surface area contributed by atoms with Crippen LogP contribution in [-0.4, -0.2) is 41.1 Å². The SMILES string of the molecule is CCCOC(=O)c1cc(NC(=O)CN2C(=O)S/C(=C/c3ccc(OCc4ccccc4Cl)cc3)C2=O)ccc1Cl. The van der Waals surface area contributed by atoms with E-state index >= 15 is 0 Å². The molecule has 0 aromatic heterocycles. The monoisotopic (exact) mass is 598 g/mol. The van der Waals surface area contributed by atoms with Gasteiger partial charge in [0.25, 0.3) is 11.1 Å². The molecule has 0 unspecified atom stereocenters. The number of amides is 3. The lowest BCUT2D eigenvalue weighted by atomic mass is 10.2. The van der Waals surface area contributed by atoms with E-state index in [1.807, 2.05) is 25.1 Å². The number of hydrogen-bond donors (Lipinski definition) is 1. The summed E-state index contributed by atoms with van der Waals surface area (Å²) in [6, 6.07) is 18.8. The quantitative estimate of drug-likeness (QED) is 0.202. The van der Waals surface area contributed by atoms with Gasteiger partial charge in [0.1, 0.15) is 18.9 Å². The van der Waals surface area contributed by atoms with Crippen molar-refractivity contribution in [1.82, 2.24) is 4.90 Å². The predicted molar refractivity (Wildman–Crippen MR) is 156 cm³/mol. The number of nitrogens with one attached hydrogen (secondary N) is 1. The lowest BCUT2D eigenvalue weighted by Crippen LogP contribution is -2.36. The summed E-state index contributed by atoms with van der Waals surface area (Å²) < 4.78 is 10.9. The summed E-state index contributed by atoms with van der Waals surface area (Å²) in [6.45, 7) is 1.91. The molecule has 3 amide bonds. The molecule has 0 aliphatic carbocycles. The smallest absolute Gasteiger partial charge is 0.339 e. The molecule has 1 fully saturated rings. The molecule has 4 rings (SSSR count). The maximum Gasteiger partial charge on any atom is 0.339 e. The lowest BCUT2D eigenvalue weighted by Gasteiger charge is -2.13. The highest BCUT2D eigenvalue weighted by Crippen LogP contribution is 2.32. The van der Waals surface area contributed by atoms with E-state index in [2.05, 4.69) is 5.32 Å². The third-order valence-electron chi connectivity index (χ3n) is 5.61.